The van der Waals surface area contributed by atoms with Gasteiger partial charge in [0.2, 0.25) is 6.79 Å². The third-order valence-corrected chi connectivity index (χ3v) is 2.85. The predicted octanol–water partition coefficient (Wildman–Crippen LogP) is 1.43. The summed E-state index contributed by atoms with van der Waals surface area (Å²) in [6, 6.07) is 0.450. The fourth-order valence-electron chi connectivity index (χ4n) is 1.99. The summed E-state index contributed by atoms with van der Waals surface area (Å²) < 4.78 is 29.2. The minimum absolute atomic E-state index is 0.0272. The molecular weight excluding hydrogens is 257 g/mol. The van der Waals surface area contributed by atoms with Gasteiger partial charge in [-0.2, -0.15) is 0 Å². The van der Waals surface area contributed by atoms with Gasteiger partial charge in [0.1, 0.15) is 0 Å². The second kappa shape index (κ2) is 5.31. The van der Waals surface area contributed by atoms with E-state index in [2.05, 4.69) is 0 Å². The highest BCUT2D eigenvalue weighted by molar-refractivity contribution is 5.67. The largest absolute Gasteiger partial charge is 0.493 e. The van der Waals surface area contributed by atoms with E-state index in [1.165, 1.54) is 7.11 Å². The number of nitrogens with two attached hydrogens (primary N) is 1. The van der Waals surface area contributed by atoms with E-state index < -0.39 is 17.8 Å². The van der Waals surface area contributed by atoms with Crippen molar-refractivity contribution in [1.29, 1.82) is 0 Å². The molecule has 1 aliphatic rings. The van der Waals surface area contributed by atoms with Gasteiger partial charge >= 0.3 is 5.97 Å². The maximum atomic E-state index is 13.8. The highest BCUT2D eigenvalue weighted by Gasteiger charge is 2.29. The van der Waals surface area contributed by atoms with Gasteiger partial charge < -0.3 is 25.1 Å². The maximum Gasteiger partial charge on any atom is 0.303 e. The second-order valence-electron chi connectivity index (χ2n) is 4.08. The van der Waals surface area contributed by atoms with Crippen LogP contribution in [0, 0.1) is 5.82 Å². The predicted molar refractivity (Wildman–Crippen MR) is 62.9 cm³/mol. The summed E-state index contributed by atoms with van der Waals surface area (Å²) >= 11 is 0. The number of ether oxygens (including phenoxy) is 3. The number of aliphatic carboxylic acids is 1. The number of hydrogen-bond acceptors (Lipinski definition) is 5. The SMILES string of the molecule is COc1c(F)cc2c(c1C(N)CCC(=O)O)OCO2. The van der Waals surface area contributed by atoms with Crippen molar-refractivity contribution in [2.45, 2.75) is 18.9 Å². The van der Waals surface area contributed by atoms with E-state index in [1.807, 2.05) is 0 Å². The molecular formula is C12H14FNO5. The molecule has 1 unspecified atom stereocenters. The Labute approximate surface area is 108 Å². The summed E-state index contributed by atoms with van der Waals surface area (Å²) in [5.41, 5.74) is 6.22. The number of benzene rings is 1. The van der Waals surface area contributed by atoms with Crippen LogP contribution in [0.2, 0.25) is 0 Å². The number of rotatable bonds is 5. The summed E-state index contributed by atoms with van der Waals surface area (Å²) in [7, 11) is 1.31. The number of fused-ring (bicyclic) bond motifs is 1. The zero-order valence-corrected chi connectivity index (χ0v) is 10.3. The Morgan fingerprint density at radius 2 is 2.37 bits per heavy atom. The van der Waals surface area contributed by atoms with Crippen LogP contribution in [0.15, 0.2) is 6.07 Å². The van der Waals surface area contributed by atoms with Crippen LogP contribution < -0.4 is 19.9 Å². The van der Waals surface area contributed by atoms with Gasteiger partial charge in [0, 0.05) is 18.5 Å². The fraction of sp³-hybridized carbons (Fsp3) is 0.417. The third kappa shape index (κ3) is 2.55. The Morgan fingerprint density at radius 1 is 1.63 bits per heavy atom. The first-order valence-corrected chi connectivity index (χ1v) is 5.68. The smallest absolute Gasteiger partial charge is 0.303 e. The lowest BCUT2D eigenvalue weighted by atomic mass is 10.00. The Morgan fingerprint density at radius 3 is 3.00 bits per heavy atom. The van der Waals surface area contributed by atoms with E-state index in [-0.39, 0.29) is 31.1 Å². The summed E-state index contributed by atoms with van der Waals surface area (Å²) in [5, 5.41) is 8.67. The molecule has 0 aromatic heterocycles. The molecule has 104 valence electrons. The Hall–Kier alpha value is -2.02. The Balaban J connectivity index is 2.39. The minimum Gasteiger partial charge on any atom is -0.493 e. The maximum absolute atomic E-state index is 13.8. The topological polar surface area (TPSA) is 91.0 Å². The molecule has 0 spiro atoms. The molecule has 19 heavy (non-hydrogen) atoms. The summed E-state index contributed by atoms with van der Waals surface area (Å²) in [4.78, 5) is 10.6. The van der Waals surface area contributed by atoms with Gasteiger partial charge in [-0.1, -0.05) is 0 Å². The first-order valence-electron chi connectivity index (χ1n) is 5.68. The van der Waals surface area contributed by atoms with Crippen LogP contribution in [0.25, 0.3) is 0 Å². The van der Waals surface area contributed by atoms with Crippen molar-refractivity contribution in [3.05, 3.63) is 17.4 Å². The highest BCUT2D eigenvalue weighted by atomic mass is 19.1. The molecule has 2 rings (SSSR count). The van der Waals surface area contributed by atoms with E-state index in [0.717, 1.165) is 6.07 Å². The first-order chi connectivity index (χ1) is 9.04. The molecule has 0 aliphatic carbocycles. The number of carbonyl (C=O) groups is 1. The van der Waals surface area contributed by atoms with E-state index in [1.54, 1.807) is 0 Å². The van der Waals surface area contributed by atoms with Crippen LogP contribution in [-0.4, -0.2) is 25.0 Å². The molecule has 0 fully saturated rings. The molecule has 7 heteroatoms. The van der Waals surface area contributed by atoms with Gasteiger partial charge in [-0.15, -0.1) is 0 Å². The van der Waals surface area contributed by atoms with Crippen molar-refractivity contribution in [1.82, 2.24) is 0 Å². The van der Waals surface area contributed by atoms with Gasteiger partial charge in [0.05, 0.1) is 12.7 Å². The Kier molecular flexibility index (Phi) is 3.75. The molecule has 1 aromatic rings. The number of halogens is 1. The molecule has 1 heterocycles. The number of carboxylic acids is 1. The molecule has 0 saturated carbocycles. The average Bonchev–Trinajstić information content (AvgIpc) is 2.81. The molecule has 6 nitrogen and oxygen atoms in total. The first kappa shape index (κ1) is 13.4. The van der Waals surface area contributed by atoms with Crippen molar-refractivity contribution in [3.8, 4) is 17.2 Å². The third-order valence-electron chi connectivity index (χ3n) is 2.85. The summed E-state index contributed by atoms with van der Waals surface area (Å²) in [6.07, 6.45) is 0.0153. The van der Waals surface area contributed by atoms with Crippen LogP contribution >= 0.6 is 0 Å². The average molecular weight is 271 g/mol. The van der Waals surface area contributed by atoms with Crippen molar-refractivity contribution in [3.63, 3.8) is 0 Å². The lowest BCUT2D eigenvalue weighted by Gasteiger charge is -2.17. The summed E-state index contributed by atoms with van der Waals surface area (Å²) in [6.45, 7) is -0.0272. The van der Waals surface area contributed by atoms with Crippen molar-refractivity contribution in [2.75, 3.05) is 13.9 Å². The molecule has 0 saturated heterocycles. The molecule has 0 radical (unpaired) electrons. The number of carboxylic acid groups (broad SMARTS) is 1. The Bertz CT molecular complexity index is 502. The molecule has 1 atom stereocenters. The van der Waals surface area contributed by atoms with Gasteiger partial charge in [-0.25, -0.2) is 4.39 Å². The van der Waals surface area contributed by atoms with Crippen molar-refractivity contribution in [2.24, 2.45) is 5.73 Å². The monoisotopic (exact) mass is 271 g/mol. The van der Waals surface area contributed by atoms with Gasteiger partial charge in [0.15, 0.2) is 23.1 Å². The highest BCUT2D eigenvalue weighted by Crippen LogP contribution is 2.45. The molecule has 1 aromatic carbocycles. The van der Waals surface area contributed by atoms with E-state index in [9.17, 15) is 9.18 Å². The molecule has 3 N–H and O–H groups in total. The van der Waals surface area contributed by atoms with Gasteiger partial charge in [0.25, 0.3) is 0 Å². The van der Waals surface area contributed by atoms with E-state index >= 15 is 0 Å². The minimum atomic E-state index is -0.973. The number of hydrogen-bond donors (Lipinski definition) is 2. The zero-order valence-electron chi connectivity index (χ0n) is 10.3. The lowest BCUT2D eigenvalue weighted by molar-refractivity contribution is -0.137. The van der Waals surface area contributed by atoms with Crippen LogP contribution in [0.4, 0.5) is 4.39 Å². The lowest BCUT2D eigenvalue weighted by Crippen LogP contribution is -2.15. The molecule has 1 aliphatic heterocycles. The van der Waals surface area contributed by atoms with Crippen LogP contribution in [0.1, 0.15) is 24.4 Å². The normalized spacial score (nSPS) is 14.3. The van der Waals surface area contributed by atoms with Crippen molar-refractivity contribution < 1.29 is 28.5 Å². The summed E-state index contributed by atoms with van der Waals surface area (Å²) in [5.74, 6) is -1.07. The molecule has 0 bridgehead atoms. The quantitative estimate of drug-likeness (QED) is 0.841. The van der Waals surface area contributed by atoms with Crippen LogP contribution in [0.3, 0.4) is 0 Å². The van der Waals surface area contributed by atoms with Gasteiger partial charge in [-0.3, -0.25) is 4.79 Å². The molecule has 0 amide bonds. The van der Waals surface area contributed by atoms with Gasteiger partial charge in [-0.05, 0) is 6.42 Å². The van der Waals surface area contributed by atoms with Crippen molar-refractivity contribution >= 4 is 5.97 Å². The second-order valence-corrected chi connectivity index (χ2v) is 4.08. The van der Waals surface area contributed by atoms with E-state index in [0.29, 0.717) is 11.3 Å². The zero-order chi connectivity index (χ0) is 14.0. The van der Waals surface area contributed by atoms with E-state index in [4.69, 9.17) is 25.1 Å². The fourth-order valence-corrected chi connectivity index (χ4v) is 1.99. The standard InChI is InChI=1S/C12H14FNO5/c1-17-11-6(13)4-8-12(19-5-18-8)10(11)7(14)2-3-9(15)16/h4,7H,2-3,5,14H2,1H3,(H,15,16). The van der Waals surface area contributed by atoms with Crippen LogP contribution in [-0.2, 0) is 4.79 Å². The van der Waals surface area contributed by atoms with Crippen LogP contribution in [0.5, 0.6) is 17.2 Å². The number of methoxy groups -OCH3 is 1.